The number of hydrogen-bond acceptors (Lipinski definition) is 13. The molecule has 1 aliphatic carbocycles. The number of sulfonamides is 2. The topological polar surface area (TPSA) is 201 Å². The molecule has 3 aliphatic heterocycles. The molecule has 2 N–H and O–H groups in total. The molecule has 5 heterocycles. The number of benzene rings is 3. The number of piperazine rings is 2. The van der Waals surface area contributed by atoms with Crippen molar-refractivity contribution in [2.45, 2.75) is 44.4 Å². The summed E-state index contributed by atoms with van der Waals surface area (Å²) in [4.78, 5) is 39.6. The van der Waals surface area contributed by atoms with E-state index in [2.05, 4.69) is 55.4 Å². The van der Waals surface area contributed by atoms with E-state index in [1.165, 1.54) is 45.6 Å². The van der Waals surface area contributed by atoms with Crippen LogP contribution in [0.25, 0.3) is 16.6 Å². The highest BCUT2D eigenvalue weighted by Crippen LogP contribution is 2.44. The molecule has 2 aromatic heterocycles. The average Bonchev–Trinajstić information content (AvgIpc) is 3.77. The highest BCUT2D eigenvalue weighted by atomic mass is 35.5. The molecule has 360 valence electrons. The van der Waals surface area contributed by atoms with Crippen molar-refractivity contribution in [2.75, 3.05) is 83.2 Å². The molecule has 20 heteroatoms. The minimum absolute atomic E-state index is 0.0488. The van der Waals surface area contributed by atoms with Crippen LogP contribution in [0.1, 0.15) is 54.6 Å². The molecular formula is C48H55ClN8O9S2. The number of hydrogen-bond donors (Lipinski definition) is 2. The third-order valence-corrected chi connectivity index (χ3v) is 16.4. The summed E-state index contributed by atoms with van der Waals surface area (Å²) in [6, 6.07) is 18.9. The molecule has 9 rings (SSSR count). The van der Waals surface area contributed by atoms with Crippen molar-refractivity contribution in [2.24, 2.45) is 11.3 Å². The number of halogens is 1. The van der Waals surface area contributed by atoms with Gasteiger partial charge in [0, 0.05) is 112 Å². The van der Waals surface area contributed by atoms with Gasteiger partial charge in [0.1, 0.15) is 22.9 Å². The lowest BCUT2D eigenvalue weighted by molar-refractivity contribution is -0.386. The van der Waals surface area contributed by atoms with Crippen LogP contribution in [0, 0.1) is 21.4 Å². The predicted molar refractivity (Wildman–Crippen MR) is 261 cm³/mol. The standard InChI is InChI=1S/C48H55ClN8O9S2/c1-48(2)12-10-35(42(27-48)33-4-6-36(49)7-5-33)30-54-14-18-55(19-15-54)37-8-9-40(45(24-37)66-38-23-34-11-13-50-46(34)51-28-38)47(58)52-68(63,64)39-25-43(57(59)60)41-22-32(31-65-44(41)26-39)29-53-16-20-56(21-17-53)67(3,61)62/h4-9,11,13,23-26,28,32H,10,12,14-22,27,29-31H2,1-3H3,(H,50,51)(H,52,58)/t32-/m1/s1. The van der Waals surface area contributed by atoms with E-state index in [1.54, 1.807) is 24.4 Å². The van der Waals surface area contributed by atoms with Gasteiger partial charge < -0.3 is 24.3 Å². The maximum absolute atomic E-state index is 14.1. The smallest absolute Gasteiger partial charge is 0.277 e. The molecule has 1 amide bonds. The van der Waals surface area contributed by atoms with Crippen LogP contribution >= 0.6 is 11.6 Å². The van der Waals surface area contributed by atoms with Crippen LogP contribution in [0.2, 0.25) is 5.02 Å². The fraction of sp³-hybridized carbons (Fsp3) is 0.417. The van der Waals surface area contributed by atoms with Crippen LogP contribution in [-0.4, -0.2) is 130 Å². The second kappa shape index (κ2) is 19.1. The van der Waals surface area contributed by atoms with Gasteiger partial charge in [0.25, 0.3) is 21.6 Å². The molecule has 17 nitrogen and oxygen atoms in total. The van der Waals surface area contributed by atoms with Crippen molar-refractivity contribution in [3.8, 4) is 17.2 Å². The van der Waals surface area contributed by atoms with E-state index in [1.807, 2.05) is 18.2 Å². The molecule has 5 aromatic rings. The molecule has 1 atom stereocenters. The Balaban J connectivity index is 0.919. The summed E-state index contributed by atoms with van der Waals surface area (Å²) in [7, 11) is -7.99. The van der Waals surface area contributed by atoms with Gasteiger partial charge >= 0.3 is 0 Å². The van der Waals surface area contributed by atoms with Crippen LogP contribution < -0.4 is 19.1 Å². The number of allylic oxidation sites excluding steroid dienone is 1. The van der Waals surface area contributed by atoms with Crippen LogP contribution in [0.3, 0.4) is 0 Å². The number of rotatable bonds is 13. The Labute approximate surface area is 401 Å². The number of nitro benzene ring substituents is 1. The van der Waals surface area contributed by atoms with E-state index in [4.69, 9.17) is 21.1 Å². The molecule has 2 fully saturated rings. The molecule has 68 heavy (non-hydrogen) atoms. The molecule has 0 unspecified atom stereocenters. The Hall–Kier alpha value is -5.57. The molecule has 4 aliphatic rings. The highest BCUT2D eigenvalue weighted by molar-refractivity contribution is 7.90. The van der Waals surface area contributed by atoms with Crippen molar-refractivity contribution in [1.82, 2.24) is 28.8 Å². The number of anilines is 1. The average molecular weight is 988 g/mol. The largest absolute Gasteiger partial charge is 0.493 e. The number of nitrogens with one attached hydrogen (secondary N) is 2. The van der Waals surface area contributed by atoms with Crippen molar-refractivity contribution >= 4 is 65.5 Å². The van der Waals surface area contributed by atoms with Gasteiger partial charge in [-0.15, -0.1) is 0 Å². The number of amides is 1. The minimum atomic E-state index is -4.68. The quantitative estimate of drug-likeness (QED) is 0.0908. The van der Waals surface area contributed by atoms with Crippen LogP contribution in [-0.2, 0) is 26.5 Å². The number of aromatic nitrogens is 2. The molecular weight excluding hydrogens is 932 g/mol. The zero-order valence-electron chi connectivity index (χ0n) is 38.2. The lowest BCUT2D eigenvalue weighted by Crippen LogP contribution is -2.50. The number of pyridine rings is 1. The van der Waals surface area contributed by atoms with Crippen LogP contribution in [0.5, 0.6) is 17.2 Å². The maximum atomic E-state index is 14.1. The molecule has 3 aromatic carbocycles. The van der Waals surface area contributed by atoms with Gasteiger partial charge in [0.2, 0.25) is 10.0 Å². The van der Waals surface area contributed by atoms with Crippen molar-refractivity contribution in [3.63, 3.8) is 0 Å². The summed E-state index contributed by atoms with van der Waals surface area (Å²) in [6.07, 6.45) is 7.84. The number of nitrogens with zero attached hydrogens (tertiary/aromatic N) is 6. The first kappa shape index (κ1) is 47.5. The van der Waals surface area contributed by atoms with E-state index < -0.39 is 41.5 Å². The van der Waals surface area contributed by atoms with E-state index in [9.17, 15) is 31.7 Å². The number of carbonyl (C=O) groups excluding carboxylic acids is 1. The number of fused-ring (bicyclic) bond motifs is 2. The minimum Gasteiger partial charge on any atom is -0.493 e. The second-order valence-corrected chi connectivity index (χ2v) is 23.1. The van der Waals surface area contributed by atoms with Gasteiger partial charge in [0.05, 0.1) is 40.0 Å². The number of carbonyl (C=O) groups is 1. The molecule has 0 bridgehead atoms. The Morgan fingerprint density at radius 3 is 2.43 bits per heavy atom. The monoisotopic (exact) mass is 986 g/mol. The first-order chi connectivity index (χ1) is 32.4. The normalized spacial score (nSPS) is 19.6. The fourth-order valence-electron chi connectivity index (χ4n) is 9.76. The van der Waals surface area contributed by atoms with E-state index in [0.717, 1.165) is 61.1 Å². The predicted octanol–water partition coefficient (Wildman–Crippen LogP) is 6.95. The van der Waals surface area contributed by atoms with E-state index >= 15 is 0 Å². The summed E-state index contributed by atoms with van der Waals surface area (Å²) >= 11 is 6.25. The molecule has 0 radical (unpaired) electrons. The summed E-state index contributed by atoms with van der Waals surface area (Å²) in [5.74, 6) is -0.682. The number of aromatic amines is 1. The zero-order valence-corrected chi connectivity index (χ0v) is 40.6. The SMILES string of the molecule is CC1(C)CCC(CN2CCN(c3ccc(C(=O)NS(=O)(=O)c4cc5c(c([N+](=O)[O-])c4)C[C@H](CN4CCN(S(C)(=O)=O)CC4)CO5)c(Oc4cnc5[nH]ccc5c4)c3)CC2)=C(c2ccc(Cl)cc2)C1. The fourth-order valence-corrected chi connectivity index (χ4v) is 11.7. The summed E-state index contributed by atoms with van der Waals surface area (Å²) < 4.78 is 67.8. The zero-order chi connectivity index (χ0) is 48.0. The van der Waals surface area contributed by atoms with Gasteiger partial charge in [-0.25, -0.2) is 26.5 Å². The number of H-pyrrole nitrogens is 1. The van der Waals surface area contributed by atoms with Gasteiger partial charge in [-0.05, 0) is 78.6 Å². The first-order valence-corrected chi connectivity index (χ1v) is 26.5. The third kappa shape index (κ3) is 10.7. The third-order valence-electron chi connectivity index (χ3n) is 13.5. The van der Waals surface area contributed by atoms with E-state index in [-0.39, 0.29) is 47.0 Å². The Morgan fingerprint density at radius 2 is 1.71 bits per heavy atom. The van der Waals surface area contributed by atoms with Crippen molar-refractivity contribution < 1.29 is 36.0 Å². The van der Waals surface area contributed by atoms with E-state index in [0.29, 0.717) is 57.2 Å². The molecule has 0 spiro atoms. The lowest BCUT2D eigenvalue weighted by Gasteiger charge is -2.39. The first-order valence-electron chi connectivity index (χ1n) is 22.8. The van der Waals surface area contributed by atoms with Gasteiger partial charge in [-0.3, -0.25) is 19.8 Å². The number of nitro groups is 1. The van der Waals surface area contributed by atoms with Crippen molar-refractivity contribution in [3.05, 3.63) is 117 Å². The highest BCUT2D eigenvalue weighted by Gasteiger charge is 2.35. The van der Waals surface area contributed by atoms with Gasteiger partial charge in [0.15, 0.2) is 0 Å². The molecule has 2 saturated heterocycles. The number of ether oxygens (including phenoxy) is 2. The van der Waals surface area contributed by atoms with Crippen LogP contribution in [0.15, 0.2) is 89.6 Å². The summed E-state index contributed by atoms with van der Waals surface area (Å²) in [5, 5.41) is 13.9. The lowest BCUT2D eigenvalue weighted by atomic mass is 9.72. The van der Waals surface area contributed by atoms with Crippen molar-refractivity contribution in [1.29, 1.82) is 0 Å². The summed E-state index contributed by atoms with van der Waals surface area (Å²) in [5.41, 5.74) is 5.45. The van der Waals surface area contributed by atoms with Gasteiger partial charge in [-0.2, -0.15) is 4.31 Å². The molecule has 0 saturated carbocycles. The second-order valence-electron chi connectivity index (χ2n) is 19.0. The Morgan fingerprint density at radius 1 is 0.971 bits per heavy atom. The summed E-state index contributed by atoms with van der Waals surface area (Å²) in [6.45, 7) is 10.9. The maximum Gasteiger partial charge on any atom is 0.277 e. The Bertz CT molecular complexity index is 3000. The Kier molecular flexibility index (Phi) is 13.3. The van der Waals surface area contributed by atoms with Gasteiger partial charge in [-0.1, -0.05) is 43.2 Å². The van der Waals surface area contributed by atoms with Crippen LogP contribution in [0.4, 0.5) is 11.4 Å².